The standard InChI is InChI=1S/C17H25N5O/c1-4-16-19-17(23-20-16)14(3)22-10-8-21(9-11-22)13(2)15-6-5-7-18-12-15/h5-7,12-14H,4,8-11H2,1-3H3/t13-,14-/m1/s1. The van der Waals surface area contributed by atoms with Crippen LogP contribution in [0.2, 0.25) is 0 Å². The lowest BCUT2D eigenvalue weighted by atomic mass is 10.1. The number of piperazine rings is 1. The fourth-order valence-corrected chi connectivity index (χ4v) is 3.08. The maximum Gasteiger partial charge on any atom is 0.243 e. The molecular weight excluding hydrogens is 290 g/mol. The fourth-order valence-electron chi connectivity index (χ4n) is 3.08. The van der Waals surface area contributed by atoms with Crippen molar-refractivity contribution in [2.45, 2.75) is 39.3 Å². The zero-order chi connectivity index (χ0) is 16.2. The van der Waals surface area contributed by atoms with Gasteiger partial charge in [0.2, 0.25) is 5.89 Å². The van der Waals surface area contributed by atoms with Crippen molar-refractivity contribution in [2.75, 3.05) is 26.2 Å². The van der Waals surface area contributed by atoms with Gasteiger partial charge in [0.05, 0.1) is 6.04 Å². The summed E-state index contributed by atoms with van der Waals surface area (Å²) in [6.45, 7) is 10.5. The molecule has 3 heterocycles. The minimum Gasteiger partial charge on any atom is -0.338 e. The topological polar surface area (TPSA) is 58.3 Å². The van der Waals surface area contributed by atoms with E-state index >= 15 is 0 Å². The number of pyridine rings is 1. The molecule has 0 amide bonds. The minimum absolute atomic E-state index is 0.179. The second-order valence-electron chi connectivity index (χ2n) is 6.11. The third-order valence-electron chi connectivity index (χ3n) is 4.77. The van der Waals surface area contributed by atoms with E-state index in [1.54, 1.807) is 0 Å². The summed E-state index contributed by atoms with van der Waals surface area (Å²) in [4.78, 5) is 13.6. The van der Waals surface area contributed by atoms with Gasteiger partial charge in [-0.15, -0.1) is 0 Å². The largest absolute Gasteiger partial charge is 0.338 e. The first-order valence-corrected chi connectivity index (χ1v) is 8.39. The van der Waals surface area contributed by atoms with Crippen LogP contribution >= 0.6 is 0 Å². The zero-order valence-corrected chi connectivity index (χ0v) is 14.1. The Bertz CT molecular complexity index is 606. The van der Waals surface area contributed by atoms with Crippen molar-refractivity contribution in [3.8, 4) is 0 Å². The van der Waals surface area contributed by atoms with Crippen LogP contribution in [0.25, 0.3) is 0 Å². The van der Waals surface area contributed by atoms with Crippen LogP contribution in [0.5, 0.6) is 0 Å². The molecule has 1 aliphatic heterocycles. The normalized spacial score (nSPS) is 19.6. The average Bonchev–Trinajstić information content (AvgIpc) is 3.10. The van der Waals surface area contributed by atoms with Gasteiger partial charge in [-0.05, 0) is 25.5 Å². The van der Waals surface area contributed by atoms with Gasteiger partial charge in [-0.2, -0.15) is 4.98 Å². The molecule has 3 rings (SSSR count). The first-order valence-electron chi connectivity index (χ1n) is 8.39. The smallest absolute Gasteiger partial charge is 0.243 e. The lowest BCUT2D eigenvalue weighted by Gasteiger charge is -2.39. The van der Waals surface area contributed by atoms with Gasteiger partial charge in [-0.25, -0.2) is 0 Å². The fraction of sp³-hybridized carbons (Fsp3) is 0.588. The summed E-state index contributed by atoms with van der Waals surface area (Å²) in [5.74, 6) is 1.52. The highest BCUT2D eigenvalue weighted by molar-refractivity contribution is 5.13. The molecule has 0 aromatic carbocycles. The van der Waals surface area contributed by atoms with Crippen LogP contribution in [0.15, 0.2) is 29.0 Å². The number of aryl methyl sites for hydroxylation is 1. The summed E-state index contributed by atoms with van der Waals surface area (Å²) in [5, 5.41) is 4.00. The molecule has 1 aliphatic rings. The molecule has 124 valence electrons. The lowest BCUT2D eigenvalue weighted by Crippen LogP contribution is -2.47. The van der Waals surface area contributed by atoms with E-state index in [4.69, 9.17) is 4.52 Å². The Kier molecular flexibility index (Phi) is 5.03. The van der Waals surface area contributed by atoms with Gasteiger partial charge in [-0.3, -0.25) is 14.8 Å². The highest BCUT2D eigenvalue weighted by atomic mass is 16.5. The van der Waals surface area contributed by atoms with E-state index in [0.717, 1.165) is 44.3 Å². The average molecular weight is 315 g/mol. The predicted octanol–water partition coefficient (Wildman–Crippen LogP) is 2.47. The molecule has 2 aromatic heterocycles. The number of aromatic nitrogens is 3. The summed E-state index contributed by atoms with van der Waals surface area (Å²) in [6.07, 6.45) is 4.60. The molecule has 1 fully saturated rings. The van der Waals surface area contributed by atoms with Crippen LogP contribution in [0.3, 0.4) is 0 Å². The third-order valence-corrected chi connectivity index (χ3v) is 4.77. The first-order chi connectivity index (χ1) is 11.2. The molecule has 0 aliphatic carbocycles. The van der Waals surface area contributed by atoms with Crippen molar-refractivity contribution in [3.63, 3.8) is 0 Å². The summed E-state index contributed by atoms with van der Waals surface area (Å²) in [6, 6.07) is 4.73. The monoisotopic (exact) mass is 315 g/mol. The van der Waals surface area contributed by atoms with Gasteiger partial charge in [0.15, 0.2) is 5.82 Å². The lowest BCUT2D eigenvalue weighted by molar-refractivity contribution is 0.0677. The maximum absolute atomic E-state index is 5.39. The predicted molar refractivity (Wildman–Crippen MR) is 87.9 cm³/mol. The van der Waals surface area contributed by atoms with Gasteiger partial charge in [0, 0.05) is 51.0 Å². The molecule has 0 saturated carbocycles. The Labute approximate surface area is 137 Å². The quantitative estimate of drug-likeness (QED) is 0.845. The van der Waals surface area contributed by atoms with Crippen LogP contribution in [0.1, 0.15) is 50.1 Å². The Hall–Kier alpha value is -1.79. The van der Waals surface area contributed by atoms with Crippen molar-refractivity contribution < 1.29 is 4.52 Å². The molecule has 1 saturated heterocycles. The van der Waals surface area contributed by atoms with Gasteiger partial charge in [0.1, 0.15) is 0 Å². The van der Waals surface area contributed by atoms with Gasteiger partial charge >= 0.3 is 0 Å². The summed E-state index contributed by atoms with van der Waals surface area (Å²) in [7, 11) is 0. The van der Waals surface area contributed by atoms with E-state index < -0.39 is 0 Å². The molecule has 0 N–H and O–H groups in total. The van der Waals surface area contributed by atoms with Crippen molar-refractivity contribution >= 4 is 0 Å². The number of hydrogen-bond donors (Lipinski definition) is 0. The molecule has 2 atom stereocenters. The highest BCUT2D eigenvalue weighted by Gasteiger charge is 2.27. The molecule has 0 spiro atoms. The second-order valence-corrected chi connectivity index (χ2v) is 6.11. The maximum atomic E-state index is 5.39. The second kappa shape index (κ2) is 7.19. The van der Waals surface area contributed by atoms with Crippen molar-refractivity contribution in [2.24, 2.45) is 0 Å². The Morgan fingerprint density at radius 3 is 2.39 bits per heavy atom. The SMILES string of the molecule is CCc1noc([C@@H](C)N2CCN([C@H](C)c3cccnc3)CC2)n1. The summed E-state index contributed by atoms with van der Waals surface area (Å²) < 4.78 is 5.39. The van der Waals surface area contributed by atoms with Crippen LogP contribution in [-0.2, 0) is 6.42 Å². The summed E-state index contributed by atoms with van der Waals surface area (Å²) in [5.41, 5.74) is 1.28. The minimum atomic E-state index is 0.179. The van der Waals surface area contributed by atoms with Crippen molar-refractivity contribution in [3.05, 3.63) is 41.8 Å². The Morgan fingerprint density at radius 2 is 1.83 bits per heavy atom. The summed E-state index contributed by atoms with van der Waals surface area (Å²) >= 11 is 0. The van der Waals surface area contributed by atoms with Gasteiger partial charge in [-0.1, -0.05) is 18.1 Å². The highest BCUT2D eigenvalue weighted by Crippen LogP contribution is 2.24. The Balaban J connectivity index is 1.57. The number of hydrogen-bond acceptors (Lipinski definition) is 6. The van der Waals surface area contributed by atoms with Crippen molar-refractivity contribution in [1.82, 2.24) is 24.9 Å². The van der Waals surface area contributed by atoms with Crippen molar-refractivity contribution in [1.29, 1.82) is 0 Å². The number of nitrogens with zero attached hydrogens (tertiary/aromatic N) is 5. The van der Waals surface area contributed by atoms with E-state index in [9.17, 15) is 0 Å². The molecule has 6 heteroatoms. The molecule has 0 radical (unpaired) electrons. The zero-order valence-electron chi connectivity index (χ0n) is 14.1. The van der Waals surface area contributed by atoms with E-state index in [1.807, 2.05) is 25.4 Å². The van der Waals surface area contributed by atoms with Crippen LogP contribution in [0, 0.1) is 0 Å². The molecule has 23 heavy (non-hydrogen) atoms. The molecule has 2 aromatic rings. The number of rotatable bonds is 5. The van der Waals surface area contributed by atoms with Crippen LogP contribution in [0.4, 0.5) is 0 Å². The van der Waals surface area contributed by atoms with E-state index in [-0.39, 0.29) is 6.04 Å². The van der Waals surface area contributed by atoms with Crippen LogP contribution in [-0.4, -0.2) is 51.1 Å². The first kappa shape index (κ1) is 16.1. The van der Waals surface area contributed by atoms with Crippen LogP contribution < -0.4 is 0 Å². The van der Waals surface area contributed by atoms with Gasteiger partial charge < -0.3 is 4.52 Å². The Morgan fingerprint density at radius 1 is 1.13 bits per heavy atom. The van der Waals surface area contributed by atoms with E-state index in [1.165, 1.54) is 5.56 Å². The third kappa shape index (κ3) is 3.59. The molecular formula is C17H25N5O. The molecule has 0 bridgehead atoms. The van der Waals surface area contributed by atoms with Gasteiger partial charge in [0.25, 0.3) is 0 Å². The van der Waals surface area contributed by atoms with E-state index in [2.05, 4.69) is 44.8 Å². The molecule has 6 nitrogen and oxygen atoms in total. The van der Waals surface area contributed by atoms with E-state index in [0.29, 0.717) is 6.04 Å². The molecule has 0 unspecified atom stereocenters.